The molecule has 4 fully saturated rings. The normalized spacial score (nSPS) is 30.7. The van der Waals surface area contributed by atoms with E-state index in [1.807, 2.05) is 0 Å². The molecule has 2 N–H and O–H groups in total. The molecule has 42 heavy (non-hydrogen) atoms. The van der Waals surface area contributed by atoms with Crippen LogP contribution < -0.4 is 16.5 Å². The van der Waals surface area contributed by atoms with Gasteiger partial charge in [0, 0.05) is 34.2 Å². The van der Waals surface area contributed by atoms with E-state index < -0.39 is 48.1 Å². The third-order valence-corrected chi connectivity index (χ3v) is 10.0. The number of hydrogen-bond donors (Lipinski definition) is 2. The van der Waals surface area contributed by atoms with Gasteiger partial charge in [0.05, 0.1) is 29.8 Å². The van der Waals surface area contributed by atoms with E-state index in [9.17, 15) is 31.1 Å². The van der Waals surface area contributed by atoms with Crippen LogP contribution in [0.3, 0.4) is 0 Å². The molecule has 3 unspecified atom stereocenters. The van der Waals surface area contributed by atoms with Gasteiger partial charge < -0.3 is 0 Å². The lowest BCUT2D eigenvalue weighted by Gasteiger charge is -2.46. The average molecular weight is 605 g/mol. The summed E-state index contributed by atoms with van der Waals surface area (Å²) in [6.07, 6.45) is -0.638. The Balaban J connectivity index is 1.34. The summed E-state index contributed by atoms with van der Waals surface area (Å²) >= 11 is 0. The van der Waals surface area contributed by atoms with Crippen molar-refractivity contribution >= 4 is 5.52 Å². The summed E-state index contributed by atoms with van der Waals surface area (Å²) in [7, 11) is 2.05. The van der Waals surface area contributed by atoms with Crippen LogP contribution in [0.2, 0.25) is 0 Å². The highest BCUT2D eigenvalue weighted by atomic mass is 19.4. The van der Waals surface area contributed by atoms with Gasteiger partial charge in [-0.15, -0.1) is 0 Å². The minimum atomic E-state index is -4.91. The van der Waals surface area contributed by atoms with Crippen LogP contribution in [0.5, 0.6) is 0 Å². The molecule has 13 heteroatoms. The summed E-state index contributed by atoms with van der Waals surface area (Å²) in [5, 5.41) is 0. The molecule has 2 aromatic rings. The molecule has 2 aromatic heterocycles. The van der Waals surface area contributed by atoms with Gasteiger partial charge in [-0.05, 0) is 75.1 Å². The van der Waals surface area contributed by atoms with Crippen LogP contribution >= 0.6 is 0 Å². The number of fused-ring (bicyclic) bond motifs is 1. The third-order valence-electron chi connectivity index (χ3n) is 10.0. The van der Waals surface area contributed by atoms with E-state index in [4.69, 9.17) is 2.74 Å². The maximum absolute atomic E-state index is 14.4. The minimum absolute atomic E-state index is 0.0406. The Bertz CT molecular complexity index is 1410. The number of nitrogens with zero attached hydrogens (tertiary/aromatic N) is 4. The molecule has 2 aliphatic heterocycles. The van der Waals surface area contributed by atoms with Crippen molar-refractivity contribution in [1.29, 1.82) is 0 Å². The summed E-state index contributed by atoms with van der Waals surface area (Å²) in [6.45, 7) is -2.66. The van der Waals surface area contributed by atoms with Crippen LogP contribution in [0.1, 0.15) is 77.7 Å². The molecular formula is C29H40F6N6O. The first kappa shape index (κ1) is 27.5. The van der Waals surface area contributed by atoms with E-state index in [0.717, 1.165) is 41.2 Å². The molecule has 4 aliphatic rings. The van der Waals surface area contributed by atoms with E-state index in [1.54, 1.807) is 0 Å². The SMILES string of the molecule is [2H]C([2H])(c1cc(C(F)(F)F)c2cn(C3CCCC([C@@H](C4CCC4)C4NNCN4C)C3)c(=O)n2c1)N1CCC[C@H](C(F)(F)F)C1. The Labute approximate surface area is 244 Å². The zero-order valence-corrected chi connectivity index (χ0v) is 23.6. The third kappa shape index (κ3) is 5.86. The Morgan fingerprint density at radius 2 is 1.76 bits per heavy atom. The van der Waals surface area contributed by atoms with Crippen LogP contribution in [-0.4, -0.2) is 57.9 Å². The number of likely N-dealkylation sites (tertiary alicyclic amines) is 1. The summed E-state index contributed by atoms with van der Waals surface area (Å²) in [5.74, 6) is -0.647. The molecule has 2 aliphatic carbocycles. The summed E-state index contributed by atoms with van der Waals surface area (Å²) in [4.78, 5) is 16.9. The van der Waals surface area contributed by atoms with Gasteiger partial charge in [-0.3, -0.25) is 18.8 Å². The molecule has 4 heterocycles. The number of piperidine rings is 1. The van der Waals surface area contributed by atoms with Gasteiger partial charge in [0.25, 0.3) is 0 Å². The first-order chi connectivity index (χ1) is 20.7. The number of nitrogens with one attached hydrogen (secondary N) is 2. The predicted octanol–water partition coefficient (Wildman–Crippen LogP) is 5.36. The highest BCUT2D eigenvalue weighted by Gasteiger charge is 2.44. The summed E-state index contributed by atoms with van der Waals surface area (Å²) in [6, 6.07) is 0.334. The number of alkyl halides is 6. The van der Waals surface area contributed by atoms with Gasteiger partial charge in [-0.2, -0.15) is 26.3 Å². The second-order valence-electron chi connectivity index (χ2n) is 12.7. The van der Waals surface area contributed by atoms with Crippen molar-refractivity contribution in [2.45, 2.75) is 88.8 Å². The van der Waals surface area contributed by atoms with Crippen molar-refractivity contribution in [3.8, 4) is 0 Å². The zero-order valence-electron chi connectivity index (χ0n) is 25.6. The Kier molecular flexibility index (Phi) is 7.48. The molecule has 0 bridgehead atoms. The van der Waals surface area contributed by atoms with Crippen molar-refractivity contribution in [1.82, 2.24) is 29.6 Å². The van der Waals surface area contributed by atoms with Gasteiger partial charge in [-0.25, -0.2) is 15.6 Å². The number of rotatable bonds is 6. The largest absolute Gasteiger partial charge is 0.418 e. The van der Waals surface area contributed by atoms with Gasteiger partial charge in [0.1, 0.15) is 0 Å². The Hall–Kier alpha value is -2.09. The molecule has 7 nitrogen and oxygen atoms in total. The summed E-state index contributed by atoms with van der Waals surface area (Å²) in [5.41, 5.74) is 3.86. The molecule has 6 rings (SSSR count). The first-order valence-corrected chi connectivity index (χ1v) is 15.0. The molecule has 0 aromatic carbocycles. The number of pyridine rings is 1. The van der Waals surface area contributed by atoms with Crippen molar-refractivity contribution in [3.05, 3.63) is 40.1 Å². The Morgan fingerprint density at radius 3 is 2.40 bits per heavy atom. The number of hydrazine groups is 1. The molecule has 2 saturated carbocycles. The van der Waals surface area contributed by atoms with Crippen molar-refractivity contribution < 1.29 is 29.1 Å². The molecule has 0 radical (unpaired) electrons. The van der Waals surface area contributed by atoms with Crippen LogP contribution in [0.15, 0.2) is 23.3 Å². The molecular weight excluding hydrogens is 562 g/mol. The average Bonchev–Trinajstić information content (AvgIpc) is 3.51. The second kappa shape index (κ2) is 11.4. The lowest BCUT2D eigenvalue weighted by molar-refractivity contribution is -0.187. The van der Waals surface area contributed by atoms with Gasteiger partial charge in [-0.1, -0.05) is 25.7 Å². The number of halogens is 6. The smallest absolute Gasteiger partial charge is 0.298 e. The van der Waals surface area contributed by atoms with Crippen molar-refractivity contribution in [3.63, 3.8) is 0 Å². The van der Waals surface area contributed by atoms with Crippen molar-refractivity contribution in [2.75, 3.05) is 26.8 Å². The van der Waals surface area contributed by atoms with Crippen molar-refractivity contribution in [2.24, 2.45) is 23.7 Å². The number of aromatic nitrogens is 2. The number of imidazole rings is 1. The van der Waals surface area contributed by atoms with Crippen LogP contribution in [-0.2, 0) is 12.7 Å². The topological polar surface area (TPSA) is 57.0 Å². The van der Waals surface area contributed by atoms with E-state index in [2.05, 4.69) is 22.8 Å². The monoisotopic (exact) mass is 604 g/mol. The quantitative estimate of drug-likeness (QED) is 0.435. The Morgan fingerprint density at radius 1 is 1.02 bits per heavy atom. The second-order valence-corrected chi connectivity index (χ2v) is 12.7. The van der Waals surface area contributed by atoms with E-state index >= 15 is 0 Å². The first-order valence-electron chi connectivity index (χ1n) is 16.0. The highest BCUT2D eigenvalue weighted by molar-refractivity contribution is 5.56. The molecule has 0 spiro atoms. The summed E-state index contributed by atoms with van der Waals surface area (Å²) < 4.78 is 103. The molecule has 234 valence electrons. The van der Waals surface area contributed by atoms with Crippen LogP contribution in [0.25, 0.3) is 5.52 Å². The van der Waals surface area contributed by atoms with Gasteiger partial charge in [0.15, 0.2) is 0 Å². The molecule has 2 saturated heterocycles. The van der Waals surface area contributed by atoms with E-state index in [-0.39, 0.29) is 43.0 Å². The zero-order chi connectivity index (χ0) is 31.6. The lowest BCUT2D eigenvalue weighted by Crippen LogP contribution is -2.50. The van der Waals surface area contributed by atoms with E-state index in [1.165, 1.54) is 17.2 Å². The van der Waals surface area contributed by atoms with E-state index in [0.29, 0.717) is 37.4 Å². The fraction of sp³-hybridized carbons (Fsp3) is 0.759. The fourth-order valence-corrected chi connectivity index (χ4v) is 7.69. The van der Waals surface area contributed by atoms with Crippen LogP contribution in [0.4, 0.5) is 26.3 Å². The highest BCUT2D eigenvalue weighted by Crippen LogP contribution is 2.47. The molecule has 5 atom stereocenters. The van der Waals surface area contributed by atoms with Gasteiger partial charge >= 0.3 is 18.0 Å². The minimum Gasteiger partial charge on any atom is -0.298 e. The predicted molar refractivity (Wildman–Crippen MR) is 145 cm³/mol. The maximum atomic E-state index is 14.4. The number of hydrogen-bond acceptors (Lipinski definition) is 5. The van der Waals surface area contributed by atoms with Gasteiger partial charge in [0.2, 0.25) is 0 Å². The molecule has 0 amide bonds. The fourth-order valence-electron chi connectivity index (χ4n) is 7.69. The maximum Gasteiger partial charge on any atom is 0.418 e. The standard InChI is InChI=1S/C29H40F6N6O/c1-38-17-36-37-26(38)25(19-5-2-6-19)20-7-3-9-22(12-20)40-16-24-23(29(33,34)35)11-18(14-41(24)27(40)42)13-39-10-4-8-21(15-39)28(30,31)32/h11,14,16,19-22,25-26,36-37H,2-10,12-13,15,17H2,1H3/t20?,21-,22?,25+,26?/m0/s1/i13D2. The van der Waals surface area contributed by atoms with Crippen LogP contribution in [0, 0.1) is 23.7 Å². The lowest BCUT2D eigenvalue weighted by atomic mass is 9.65.